The summed E-state index contributed by atoms with van der Waals surface area (Å²) >= 11 is 0. The fourth-order valence-electron chi connectivity index (χ4n) is 2.39. The Kier molecular flexibility index (Phi) is 4.89. The van der Waals surface area contributed by atoms with Crippen molar-refractivity contribution in [1.29, 1.82) is 0 Å². The molecule has 1 aliphatic rings. The van der Waals surface area contributed by atoms with Crippen LogP contribution in [-0.4, -0.2) is 36.5 Å². The number of piperidine rings is 1. The second kappa shape index (κ2) is 6.65. The Balaban J connectivity index is 1.94. The van der Waals surface area contributed by atoms with E-state index in [1.165, 1.54) is 6.07 Å². The standard InChI is InChI=1S/C14H18F2N2O2/c15-10-4-5-13(12(16)7-10)20-9-14(19)18-6-2-1-3-11(18)8-17/h4-5,7,11H,1-3,6,8-9,17H2. The van der Waals surface area contributed by atoms with Gasteiger partial charge in [-0.15, -0.1) is 0 Å². The van der Waals surface area contributed by atoms with Crippen LogP contribution < -0.4 is 10.5 Å². The molecule has 110 valence electrons. The number of benzene rings is 1. The van der Waals surface area contributed by atoms with Crippen LogP contribution in [0.5, 0.6) is 5.75 Å². The Morgan fingerprint density at radius 2 is 2.20 bits per heavy atom. The first-order chi connectivity index (χ1) is 9.61. The maximum Gasteiger partial charge on any atom is 0.260 e. The molecule has 1 unspecified atom stereocenters. The van der Waals surface area contributed by atoms with Gasteiger partial charge in [0.15, 0.2) is 18.2 Å². The van der Waals surface area contributed by atoms with Gasteiger partial charge in [-0.2, -0.15) is 0 Å². The zero-order valence-corrected chi connectivity index (χ0v) is 11.1. The molecule has 1 heterocycles. The number of carbonyl (C=O) groups excluding carboxylic acids is 1. The molecule has 0 spiro atoms. The van der Waals surface area contributed by atoms with Crippen molar-refractivity contribution in [3.8, 4) is 5.75 Å². The molecule has 0 bridgehead atoms. The highest BCUT2D eigenvalue weighted by molar-refractivity contribution is 5.78. The SMILES string of the molecule is NCC1CCCCN1C(=O)COc1ccc(F)cc1F. The zero-order valence-electron chi connectivity index (χ0n) is 11.1. The molecular weight excluding hydrogens is 266 g/mol. The van der Waals surface area contributed by atoms with Gasteiger partial charge in [-0.05, 0) is 31.4 Å². The van der Waals surface area contributed by atoms with Crippen LogP contribution in [0.15, 0.2) is 18.2 Å². The van der Waals surface area contributed by atoms with Crippen molar-refractivity contribution in [3.05, 3.63) is 29.8 Å². The third kappa shape index (κ3) is 3.45. The van der Waals surface area contributed by atoms with Crippen molar-refractivity contribution in [3.63, 3.8) is 0 Å². The minimum absolute atomic E-state index is 0.0258. The van der Waals surface area contributed by atoms with E-state index in [0.717, 1.165) is 31.4 Å². The van der Waals surface area contributed by atoms with Gasteiger partial charge in [-0.3, -0.25) is 4.79 Å². The Labute approximate surface area is 116 Å². The van der Waals surface area contributed by atoms with E-state index < -0.39 is 11.6 Å². The van der Waals surface area contributed by atoms with Gasteiger partial charge in [0.05, 0.1) is 0 Å². The molecule has 0 radical (unpaired) electrons. The molecule has 1 fully saturated rings. The Bertz CT molecular complexity index is 482. The average Bonchev–Trinajstić information content (AvgIpc) is 2.46. The smallest absolute Gasteiger partial charge is 0.260 e. The summed E-state index contributed by atoms with van der Waals surface area (Å²) in [6, 6.07) is 3.02. The molecule has 1 aromatic carbocycles. The summed E-state index contributed by atoms with van der Waals surface area (Å²) in [5.41, 5.74) is 5.64. The minimum Gasteiger partial charge on any atom is -0.481 e. The number of nitrogens with zero attached hydrogens (tertiary/aromatic N) is 1. The lowest BCUT2D eigenvalue weighted by atomic mass is 10.0. The summed E-state index contributed by atoms with van der Waals surface area (Å²) < 4.78 is 31.3. The molecule has 1 atom stereocenters. The van der Waals surface area contributed by atoms with Crippen LogP contribution >= 0.6 is 0 Å². The van der Waals surface area contributed by atoms with Crippen LogP contribution in [-0.2, 0) is 4.79 Å². The lowest BCUT2D eigenvalue weighted by Crippen LogP contribution is -2.49. The molecule has 0 aromatic heterocycles. The van der Waals surface area contributed by atoms with Crippen molar-refractivity contribution in [2.75, 3.05) is 19.7 Å². The molecule has 2 N–H and O–H groups in total. The highest BCUT2D eigenvalue weighted by Gasteiger charge is 2.25. The van der Waals surface area contributed by atoms with Crippen LogP contribution in [0, 0.1) is 11.6 Å². The Morgan fingerprint density at radius 1 is 1.40 bits per heavy atom. The molecule has 1 amide bonds. The summed E-state index contributed by atoms with van der Waals surface area (Å²) in [5, 5.41) is 0. The van der Waals surface area contributed by atoms with Crippen LogP contribution in [0.3, 0.4) is 0 Å². The predicted octanol–water partition coefficient (Wildman–Crippen LogP) is 1.68. The first kappa shape index (κ1) is 14.7. The third-order valence-corrected chi connectivity index (χ3v) is 3.46. The summed E-state index contributed by atoms with van der Waals surface area (Å²) in [6.45, 7) is 0.797. The summed E-state index contributed by atoms with van der Waals surface area (Å²) in [4.78, 5) is 13.8. The van der Waals surface area contributed by atoms with Gasteiger partial charge < -0.3 is 15.4 Å². The van der Waals surface area contributed by atoms with E-state index in [2.05, 4.69) is 0 Å². The van der Waals surface area contributed by atoms with E-state index >= 15 is 0 Å². The molecular formula is C14H18F2N2O2. The van der Waals surface area contributed by atoms with Gasteiger partial charge in [-0.1, -0.05) is 0 Å². The number of hydrogen-bond acceptors (Lipinski definition) is 3. The highest BCUT2D eigenvalue weighted by Crippen LogP contribution is 2.19. The molecule has 6 heteroatoms. The fourth-order valence-corrected chi connectivity index (χ4v) is 2.39. The molecule has 4 nitrogen and oxygen atoms in total. The van der Waals surface area contributed by atoms with Gasteiger partial charge in [0.2, 0.25) is 0 Å². The summed E-state index contributed by atoms with van der Waals surface area (Å²) in [6.07, 6.45) is 2.87. The molecule has 0 saturated carbocycles. The van der Waals surface area contributed by atoms with E-state index in [4.69, 9.17) is 10.5 Å². The van der Waals surface area contributed by atoms with Gasteiger partial charge in [-0.25, -0.2) is 8.78 Å². The lowest BCUT2D eigenvalue weighted by Gasteiger charge is -2.34. The van der Waals surface area contributed by atoms with Gasteiger partial charge in [0.1, 0.15) is 5.82 Å². The fraction of sp³-hybridized carbons (Fsp3) is 0.500. The van der Waals surface area contributed by atoms with Crippen molar-refractivity contribution in [2.24, 2.45) is 5.73 Å². The van der Waals surface area contributed by atoms with Crippen LogP contribution in [0.2, 0.25) is 0 Å². The number of likely N-dealkylation sites (tertiary alicyclic amines) is 1. The topological polar surface area (TPSA) is 55.6 Å². The number of ether oxygens (including phenoxy) is 1. The number of rotatable bonds is 4. The Morgan fingerprint density at radius 3 is 2.90 bits per heavy atom. The summed E-state index contributed by atoms with van der Waals surface area (Å²) in [5.74, 6) is -1.84. The van der Waals surface area contributed by atoms with Crippen molar-refractivity contribution >= 4 is 5.91 Å². The molecule has 1 aliphatic heterocycles. The molecule has 1 saturated heterocycles. The van der Waals surface area contributed by atoms with Crippen molar-refractivity contribution in [2.45, 2.75) is 25.3 Å². The zero-order chi connectivity index (χ0) is 14.5. The lowest BCUT2D eigenvalue weighted by molar-refractivity contribution is -0.136. The third-order valence-electron chi connectivity index (χ3n) is 3.46. The number of carbonyl (C=O) groups is 1. The number of amides is 1. The van der Waals surface area contributed by atoms with Crippen LogP contribution in [0.25, 0.3) is 0 Å². The van der Waals surface area contributed by atoms with Crippen molar-refractivity contribution < 1.29 is 18.3 Å². The monoisotopic (exact) mass is 284 g/mol. The van der Waals surface area contributed by atoms with Gasteiger partial charge in [0, 0.05) is 25.2 Å². The highest BCUT2D eigenvalue weighted by atomic mass is 19.1. The van der Waals surface area contributed by atoms with Crippen molar-refractivity contribution in [1.82, 2.24) is 4.90 Å². The molecule has 20 heavy (non-hydrogen) atoms. The minimum atomic E-state index is -0.813. The number of nitrogens with two attached hydrogens (primary N) is 1. The maximum absolute atomic E-state index is 13.4. The van der Waals surface area contributed by atoms with Crippen LogP contribution in [0.1, 0.15) is 19.3 Å². The van der Waals surface area contributed by atoms with E-state index in [1.54, 1.807) is 4.90 Å². The molecule has 0 aliphatic carbocycles. The Hall–Kier alpha value is -1.69. The first-order valence-electron chi connectivity index (χ1n) is 6.69. The van der Waals surface area contributed by atoms with E-state index in [0.29, 0.717) is 13.1 Å². The second-order valence-electron chi connectivity index (χ2n) is 4.84. The van der Waals surface area contributed by atoms with Gasteiger partial charge >= 0.3 is 0 Å². The quantitative estimate of drug-likeness (QED) is 0.915. The number of halogens is 2. The largest absolute Gasteiger partial charge is 0.481 e. The second-order valence-corrected chi connectivity index (χ2v) is 4.84. The van der Waals surface area contributed by atoms with Gasteiger partial charge in [0.25, 0.3) is 5.91 Å². The van der Waals surface area contributed by atoms with E-state index in [9.17, 15) is 13.6 Å². The maximum atomic E-state index is 13.4. The number of hydrogen-bond donors (Lipinski definition) is 1. The molecule has 2 rings (SSSR count). The average molecular weight is 284 g/mol. The summed E-state index contributed by atoms with van der Waals surface area (Å²) in [7, 11) is 0. The van der Waals surface area contributed by atoms with E-state index in [-0.39, 0.29) is 24.3 Å². The normalized spacial score (nSPS) is 18.9. The predicted molar refractivity (Wildman–Crippen MR) is 70.3 cm³/mol. The van der Waals surface area contributed by atoms with E-state index in [1.807, 2.05) is 0 Å². The molecule has 1 aromatic rings. The van der Waals surface area contributed by atoms with Crippen LogP contribution in [0.4, 0.5) is 8.78 Å². The first-order valence-corrected chi connectivity index (χ1v) is 6.69.